The van der Waals surface area contributed by atoms with Crippen molar-refractivity contribution in [1.29, 1.82) is 0 Å². The van der Waals surface area contributed by atoms with Gasteiger partial charge in [0.25, 0.3) is 0 Å². The van der Waals surface area contributed by atoms with Gasteiger partial charge < -0.3 is 5.73 Å². The molecule has 17 heavy (non-hydrogen) atoms. The number of carbonyl (C=O) groups is 2. The third-order valence-electron chi connectivity index (χ3n) is 2.47. The smallest absolute Gasteiger partial charge is 0.229 e. The molecular weight excluding hydrogens is 267 g/mol. The molecule has 0 aromatic carbocycles. The Balaban J connectivity index is 2.29. The van der Waals surface area contributed by atoms with Crippen molar-refractivity contribution in [1.82, 2.24) is 9.97 Å². The Morgan fingerprint density at radius 3 is 2.76 bits per heavy atom. The average molecular weight is 275 g/mol. The summed E-state index contributed by atoms with van der Waals surface area (Å²) in [6.07, 6.45) is 1.35. The maximum absolute atomic E-state index is 11.7. The van der Waals surface area contributed by atoms with Gasteiger partial charge >= 0.3 is 0 Å². The molecule has 8 heteroatoms. The first-order chi connectivity index (χ1) is 7.99. The number of halogens is 2. The molecule has 1 aromatic heterocycles. The van der Waals surface area contributed by atoms with E-state index in [-0.39, 0.29) is 35.0 Å². The van der Waals surface area contributed by atoms with Crippen LogP contribution in [-0.2, 0) is 9.59 Å². The van der Waals surface area contributed by atoms with Crippen LogP contribution in [0.25, 0.3) is 0 Å². The molecule has 1 aliphatic heterocycles. The first-order valence-corrected chi connectivity index (χ1v) is 5.52. The molecular formula is C9H8Cl2N4O2. The van der Waals surface area contributed by atoms with Gasteiger partial charge in [-0.2, -0.15) is 0 Å². The minimum Gasteiger partial charge on any atom is -0.369 e. The van der Waals surface area contributed by atoms with Gasteiger partial charge in [-0.15, -0.1) is 0 Å². The van der Waals surface area contributed by atoms with Crippen molar-refractivity contribution in [3.8, 4) is 0 Å². The van der Waals surface area contributed by atoms with Gasteiger partial charge in [-0.1, -0.05) is 23.2 Å². The van der Waals surface area contributed by atoms with Crippen LogP contribution in [0, 0.1) is 5.92 Å². The Morgan fingerprint density at radius 2 is 2.24 bits per heavy atom. The van der Waals surface area contributed by atoms with Crippen molar-refractivity contribution < 1.29 is 9.59 Å². The largest absolute Gasteiger partial charge is 0.369 e. The quantitative estimate of drug-likeness (QED) is 0.856. The Morgan fingerprint density at radius 1 is 1.53 bits per heavy atom. The Labute approximate surface area is 107 Å². The monoisotopic (exact) mass is 274 g/mol. The number of nitrogens with zero attached hydrogens (tertiary/aromatic N) is 3. The van der Waals surface area contributed by atoms with E-state index in [2.05, 4.69) is 9.97 Å². The predicted molar refractivity (Wildman–Crippen MR) is 61.7 cm³/mol. The molecule has 2 rings (SSSR count). The molecule has 0 spiro atoms. The molecule has 0 aliphatic carbocycles. The zero-order valence-electron chi connectivity index (χ0n) is 8.56. The predicted octanol–water partition coefficient (Wildman–Crippen LogP) is 0.622. The maximum Gasteiger partial charge on any atom is 0.229 e. The first kappa shape index (κ1) is 12.1. The van der Waals surface area contributed by atoms with Gasteiger partial charge in [0.15, 0.2) is 11.0 Å². The molecule has 90 valence electrons. The average Bonchev–Trinajstić information content (AvgIpc) is 2.61. The SMILES string of the molecule is NC(=O)C1CC(=O)N(c2ncc(Cl)nc2Cl)C1. The maximum atomic E-state index is 11.7. The minimum absolute atomic E-state index is 0.0240. The van der Waals surface area contributed by atoms with Crippen molar-refractivity contribution >= 4 is 40.8 Å². The molecule has 1 aromatic rings. The highest BCUT2D eigenvalue weighted by molar-refractivity contribution is 6.34. The summed E-state index contributed by atoms with van der Waals surface area (Å²) in [5.74, 6) is -1.09. The summed E-state index contributed by atoms with van der Waals surface area (Å²) in [5.41, 5.74) is 5.15. The molecule has 0 bridgehead atoms. The van der Waals surface area contributed by atoms with Gasteiger partial charge in [-0.3, -0.25) is 14.5 Å². The van der Waals surface area contributed by atoms with Crippen LogP contribution < -0.4 is 10.6 Å². The summed E-state index contributed by atoms with van der Waals surface area (Å²) >= 11 is 11.4. The van der Waals surface area contributed by atoms with Crippen molar-refractivity contribution in [3.63, 3.8) is 0 Å². The lowest BCUT2D eigenvalue weighted by Gasteiger charge is -2.15. The van der Waals surface area contributed by atoms with E-state index in [4.69, 9.17) is 28.9 Å². The number of nitrogens with two attached hydrogens (primary N) is 1. The van der Waals surface area contributed by atoms with Crippen LogP contribution in [0.1, 0.15) is 6.42 Å². The summed E-state index contributed by atoms with van der Waals surface area (Å²) in [6.45, 7) is 0.171. The number of carbonyl (C=O) groups excluding carboxylic acids is 2. The molecule has 1 saturated heterocycles. The number of hydrogen-bond donors (Lipinski definition) is 1. The van der Waals surface area contributed by atoms with E-state index in [0.717, 1.165) is 0 Å². The molecule has 0 radical (unpaired) electrons. The molecule has 6 nitrogen and oxygen atoms in total. The van der Waals surface area contributed by atoms with Crippen LogP contribution in [-0.4, -0.2) is 28.3 Å². The molecule has 0 saturated carbocycles. The minimum atomic E-state index is -0.518. The Hall–Kier alpha value is -1.40. The highest BCUT2D eigenvalue weighted by atomic mass is 35.5. The van der Waals surface area contributed by atoms with Gasteiger partial charge in [-0.25, -0.2) is 9.97 Å². The molecule has 2 N–H and O–H groups in total. The molecule has 2 amide bonds. The lowest BCUT2D eigenvalue weighted by molar-refractivity contribution is -0.123. The second kappa shape index (κ2) is 4.46. The van der Waals surface area contributed by atoms with E-state index in [1.54, 1.807) is 0 Å². The van der Waals surface area contributed by atoms with Crippen molar-refractivity contribution in [2.24, 2.45) is 11.7 Å². The zero-order valence-corrected chi connectivity index (χ0v) is 10.1. The zero-order chi connectivity index (χ0) is 12.6. The fourth-order valence-electron chi connectivity index (χ4n) is 1.62. The molecule has 1 aliphatic rings. The van der Waals surface area contributed by atoms with E-state index in [1.165, 1.54) is 11.1 Å². The third kappa shape index (κ3) is 2.32. The highest BCUT2D eigenvalue weighted by Gasteiger charge is 2.35. The molecule has 1 atom stereocenters. The van der Waals surface area contributed by atoms with Crippen LogP contribution in [0.15, 0.2) is 6.20 Å². The van der Waals surface area contributed by atoms with Crippen LogP contribution in [0.3, 0.4) is 0 Å². The van der Waals surface area contributed by atoms with E-state index in [1.807, 2.05) is 0 Å². The number of aromatic nitrogens is 2. The first-order valence-electron chi connectivity index (χ1n) is 4.76. The van der Waals surface area contributed by atoms with Gasteiger partial charge in [-0.05, 0) is 0 Å². The standard InChI is InChI=1S/C9H8Cl2N4O2/c10-5-2-13-9(7(11)14-5)15-3-4(8(12)17)1-6(15)16/h2,4H,1,3H2,(H2,12,17). The molecule has 1 fully saturated rings. The molecule has 1 unspecified atom stereocenters. The highest BCUT2D eigenvalue weighted by Crippen LogP contribution is 2.28. The summed E-state index contributed by atoms with van der Waals surface area (Å²) in [7, 11) is 0. The summed E-state index contributed by atoms with van der Waals surface area (Å²) in [5, 5.41) is 0.160. The fourth-order valence-corrected chi connectivity index (χ4v) is 2.04. The number of rotatable bonds is 2. The second-order valence-electron chi connectivity index (χ2n) is 3.61. The van der Waals surface area contributed by atoms with E-state index >= 15 is 0 Å². The third-order valence-corrected chi connectivity index (χ3v) is 2.90. The van der Waals surface area contributed by atoms with Gasteiger partial charge in [0.05, 0.1) is 12.1 Å². The second-order valence-corrected chi connectivity index (χ2v) is 4.36. The van der Waals surface area contributed by atoms with Crippen LogP contribution in [0.5, 0.6) is 0 Å². The number of primary amides is 1. The van der Waals surface area contributed by atoms with E-state index in [9.17, 15) is 9.59 Å². The topological polar surface area (TPSA) is 89.2 Å². The van der Waals surface area contributed by atoms with Crippen LogP contribution in [0.2, 0.25) is 10.3 Å². The number of amides is 2. The van der Waals surface area contributed by atoms with Crippen molar-refractivity contribution in [3.05, 3.63) is 16.5 Å². The summed E-state index contributed by atoms with van der Waals surface area (Å²) < 4.78 is 0. The van der Waals surface area contributed by atoms with Crippen molar-refractivity contribution in [2.75, 3.05) is 11.4 Å². The normalized spacial score (nSPS) is 19.8. The van der Waals surface area contributed by atoms with Crippen LogP contribution in [0.4, 0.5) is 5.82 Å². The van der Waals surface area contributed by atoms with E-state index < -0.39 is 11.8 Å². The van der Waals surface area contributed by atoms with Crippen LogP contribution >= 0.6 is 23.2 Å². The lowest BCUT2D eigenvalue weighted by Crippen LogP contribution is -2.29. The number of hydrogen-bond acceptors (Lipinski definition) is 4. The Kier molecular flexibility index (Phi) is 3.17. The fraction of sp³-hybridized carbons (Fsp3) is 0.333. The summed E-state index contributed by atoms with van der Waals surface area (Å²) in [6, 6.07) is 0. The van der Waals surface area contributed by atoms with E-state index in [0.29, 0.717) is 0 Å². The number of anilines is 1. The Bertz CT molecular complexity index is 494. The van der Waals surface area contributed by atoms with Gasteiger partial charge in [0.1, 0.15) is 5.15 Å². The van der Waals surface area contributed by atoms with Crippen molar-refractivity contribution in [2.45, 2.75) is 6.42 Å². The lowest BCUT2D eigenvalue weighted by atomic mass is 10.1. The van der Waals surface area contributed by atoms with Gasteiger partial charge in [0, 0.05) is 13.0 Å². The van der Waals surface area contributed by atoms with Gasteiger partial charge in [0.2, 0.25) is 11.8 Å². The molecule has 2 heterocycles. The summed E-state index contributed by atoms with van der Waals surface area (Å²) in [4.78, 5) is 31.7.